The molecule has 0 radical (unpaired) electrons. The zero-order chi connectivity index (χ0) is 21.6. The minimum Gasteiger partial charge on any atom is -0.496 e. The van der Waals surface area contributed by atoms with E-state index < -0.39 is 6.04 Å². The van der Waals surface area contributed by atoms with Crippen LogP contribution in [-0.2, 0) is 0 Å². The summed E-state index contributed by atoms with van der Waals surface area (Å²) in [5, 5.41) is 19.3. The summed E-state index contributed by atoms with van der Waals surface area (Å²) >= 11 is 0. The van der Waals surface area contributed by atoms with Gasteiger partial charge in [0.1, 0.15) is 23.9 Å². The van der Waals surface area contributed by atoms with Gasteiger partial charge in [0.05, 0.1) is 31.6 Å². The number of likely N-dealkylation sites (N-methyl/N-ethyl adjacent to an activating group) is 1. The second-order valence-corrected chi connectivity index (χ2v) is 7.54. The molecule has 2 aromatic rings. The van der Waals surface area contributed by atoms with Gasteiger partial charge in [0.15, 0.2) is 11.9 Å². The lowest BCUT2D eigenvalue weighted by Gasteiger charge is -2.23. The van der Waals surface area contributed by atoms with Crippen molar-refractivity contribution in [2.75, 3.05) is 38.7 Å². The molecule has 1 saturated heterocycles. The molecule has 1 unspecified atom stereocenters. The third kappa shape index (κ3) is 4.86. The highest BCUT2D eigenvalue weighted by Gasteiger charge is 2.23. The Morgan fingerprint density at radius 2 is 2.26 bits per heavy atom. The molecule has 0 amide bonds. The highest BCUT2D eigenvalue weighted by Crippen LogP contribution is 2.33. The summed E-state index contributed by atoms with van der Waals surface area (Å²) in [7, 11) is 1.65. The normalized spacial score (nSPS) is 20.9. The van der Waals surface area contributed by atoms with E-state index in [1.807, 2.05) is 24.3 Å². The van der Waals surface area contributed by atoms with Crippen LogP contribution in [0.5, 0.6) is 11.5 Å². The Hall–Kier alpha value is -3.38. The lowest BCUT2D eigenvalue weighted by atomic mass is 10.1. The zero-order valence-corrected chi connectivity index (χ0v) is 17.8. The van der Waals surface area contributed by atoms with Crippen molar-refractivity contribution in [3.63, 3.8) is 0 Å². The van der Waals surface area contributed by atoms with Crippen molar-refractivity contribution in [2.45, 2.75) is 31.8 Å². The van der Waals surface area contributed by atoms with E-state index in [9.17, 15) is 0 Å². The Balaban J connectivity index is 1.42. The Bertz CT molecular complexity index is 1010. The molecule has 0 bridgehead atoms. The maximum atomic E-state index is 8.88. The Morgan fingerprint density at radius 3 is 3.00 bits per heavy atom. The summed E-state index contributed by atoms with van der Waals surface area (Å²) in [6.07, 6.45) is 3.97. The van der Waals surface area contributed by atoms with Gasteiger partial charge in [0, 0.05) is 23.7 Å². The summed E-state index contributed by atoms with van der Waals surface area (Å²) in [6, 6.07) is 9.86. The fraction of sp³-hybridized carbons (Fsp3) is 0.455. The second-order valence-electron chi connectivity index (χ2n) is 7.54. The monoisotopic (exact) mass is 421 g/mol. The predicted molar refractivity (Wildman–Crippen MR) is 120 cm³/mol. The van der Waals surface area contributed by atoms with Gasteiger partial charge in [0.2, 0.25) is 0 Å². The van der Waals surface area contributed by atoms with Crippen LogP contribution in [0.15, 0.2) is 34.3 Å². The summed E-state index contributed by atoms with van der Waals surface area (Å²) < 4.78 is 11.7. The minimum absolute atomic E-state index is 0.346. The standard InChI is InChI=1S/C22H27N7O2/c1-3-29-8-4-5-16(29)14-31-17-6-7-18(20(9-17)30-2)19-10-21(28-27-19)26-22-13-24-15(11-23)12-25-22/h6-7,9-10,13,15-16H,3-5,8,12,14H2,1-2H3,(H2,25,26,27,28)/t15?,16-/m1/s1. The number of benzene rings is 1. The van der Waals surface area contributed by atoms with Crippen molar-refractivity contribution < 1.29 is 9.47 Å². The van der Waals surface area contributed by atoms with Crippen LogP contribution in [0.25, 0.3) is 11.3 Å². The average molecular weight is 422 g/mol. The largest absolute Gasteiger partial charge is 0.496 e. The first-order valence-electron chi connectivity index (χ1n) is 10.5. The van der Waals surface area contributed by atoms with Crippen molar-refractivity contribution >= 4 is 17.9 Å². The molecular formula is C22H27N7O2. The molecule has 1 aromatic carbocycles. The smallest absolute Gasteiger partial charge is 0.156 e. The quantitative estimate of drug-likeness (QED) is 0.711. The number of rotatable bonds is 7. The van der Waals surface area contributed by atoms with Gasteiger partial charge in [-0.2, -0.15) is 10.4 Å². The van der Waals surface area contributed by atoms with Crippen LogP contribution in [0.3, 0.4) is 0 Å². The first-order valence-corrected chi connectivity index (χ1v) is 10.5. The van der Waals surface area contributed by atoms with Crippen molar-refractivity contribution in [2.24, 2.45) is 9.98 Å². The molecule has 2 atom stereocenters. The van der Waals surface area contributed by atoms with Crippen molar-refractivity contribution in [3.05, 3.63) is 24.3 Å². The van der Waals surface area contributed by atoms with Gasteiger partial charge >= 0.3 is 0 Å². The first kappa shape index (κ1) is 20.9. The second kappa shape index (κ2) is 9.62. The molecule has 0 aliphatic carbocycles. The molecule has 0 saturated carbocycles. The highest BCUT2D eigenvalue weighted by atomic mass is 16.5. The van der Waals surface area contributed by atoms with E-state index in [-0.39, 0.29) is 0 Å². The molecule has 2 N–H and O–H groups in total. The number of amidine groups is 1. The van der Waals surface area contributed by atoms with Crippen molar-refractivity contribution in [3.8, 4) is 28.8 Å². The Labute approximate surface area is 181 Å². The molecule has 2 aliphatic rings. The van der Waals surface area contributed by atoms with E-state index in [1.54, 1.807) is 13.3 Å². The van der Waals surface area contributed by atoms with Gasteiger partial charge in [-0.15, -0.1) is 0 Å². The summed E-state index contributed by atoms with van der Waals surface area (Å²) in [5.41, 5.74) is 1.69. The molecule has 0 spiro atoms. The highest BCUT2D eigenvalue weighted by molar-refractivity contribution is 6.35. The number of anilines is 1. The average Bonchev–Trinajstić information content (AvgIpc) is 3.47. The van der Waals surface area contributed by atoms with Crippen LogP contribution in [0.1, 0.15) is 19.8 Å². The van der Waals surface area contributed by atoms with E-state index in [0.717, 1.165) is 30.1 Å². The number of hydrogen-bond acceptors (Lipinski definition) is 8. The van der Waals surface area contributed by atoms with Crippen LogP contribution in [-0.4, -0.2) is 72.6 Å². The fourth-order valence-corrected chi connectivity index (χ4v) is 3.91. The van der Waals surface area contributed by atoms with E-state index in [4.69, 9.17) is 14.7 Å². The molecule has 3 heterocycles. The zero-order valence-electron chi connectivity index (χ0n) is 17.8. The van der Waals surface area contributed by atoms with Crippen LogP contribution < -0.4 is 14.8 Å². The minimum atomic E-state index is -0.413. The third-order valence-electron chi connectivity index (χ3n) is 5.61. The Morgan fingerprint density at radius 1 is 1.35 bits per heavy atom. The number of likely N-dealkylation sites (tertiary alicyclic amines) is 1. The molecule has 9 heteroatoms. The third-order valence-corrected chi connectivity index (χ3v) is 5.61. The number of aromatic nitrogens is 2. The van der Waals surface area contributed by atoms with Gasteiger partial charge < -0.3 is 14.8 Å². The molecule has 1 aromatic heterocycles. The number of aliphatic imine (C=N–C) groups is 2. The maximum absolute atomic E-state index is 8.88. The molecule has 4 rings (SSSR count). The number of nitriles is 1. The fourth-order valence-electron chi connectivity index (χ4n) is 3.91. The number of methoxy groups -OCH3 is 1. The van der Waals surface area contributed by atoms with Gasteiger partial charge in [0.25, 0.3) is 0 Å². The number of nitrogens with zero attached hydrogens (tertiary/aromatic N) is 5. The number of hydrogen-bond donors (Lipinski definition) is 2. The predicted octanol–water partition coefficient (Wildman–Crippen LogP) is 2.74. The lowest BCUT2D eigenvalue weighted by molar-refractivity contribution is 0.178. The summed E-state index contributed by atoms with van der Waals surface area (Å²) in [6.45, 7) is 5.44. The molecular weight excluding hydrogens is 394 g/mol. The van der Waals surface area contributed by atoms with Gasteiger partial charge in [-0.05, 0) is 38.1 Å². The molecule has 1 fully saturated rings. The SMILES string of the molecule is CCN1CCC[C@@H]1COc1ccc(-c2cc(NC3=NCC(C#N)N=C3)n[nH]2)c(OC)c1. The maximum Gasteiger partial charge on any atom is 0.156 e. The molecule has 2 aliphatic heterocycles. The number of nitrogens with one attached hydrogen (secondary N) is 2. The van der Waals surface area contributed by atoms with Crippen molar-refractivity contribution in [1.29, 1.82) is 5.26 Å². The molecule has 162 valence electrons. The van der Waals surface area contributed by atoms with E-state index in [0.29, 0.717) is 36.6 Å². The lowest BCUT2D eigenvalue weighted by Crippen LogP contribution is -2.33. The van der Waals surface area contributed by atoms with Crippen LogP contribution in [0.4, 0.5) is 5.82 Å². The van der Waals surface area contributed by atoms with Crippen LogP contribution >= 0.6 is 0 Å². The number of aromatic amines is 1. The number of ether oxygens (including phenoxy) is 2. The number of H-pyrrole nitrogens is 1. The first-order chi connectivity index (χ1) is 15.2. The van der Waals surface area contributed by atoms with E-state index >= 15 is 0 Å². The van der Waals surface area contributed by atoms with Gasteiger partial charge in [-0.3, -0.25) is 20.0 Å². The van der Waals surface area contributed by atoms with Crippen LogP contribution in [0.2, 0.25) is 0 Å². The van der Waals surface area contributed by atoms with E-state index in [2.05, 4.69) is 43.4 Å². The van der Waals surface area contributed by atoms with Crippen molar-refractivity contribution in [1.82, 2.24) is 15.1 Å². The summed E-state index contributed by atoms with van der Waals surface area (Å²) in [4.78, 5) is 10.9. The van der Waals surface area contributed by atoms with Gasteiger partial charge in [-0.1, -0.05) is 6.92 Å². The molecule has 31 heavy (non-hydrogen) atoms. The summed E-state index contributed by atoms with van der Waals surface area (Å²) in [5.74, 6) is 2.69. The van der Waals surface area contributed by atoms with E-state index in [1.165, 1.54) is 12.8 Å². The topological polar surface area (TPSA) is 111 Å². The van der Waals surface area contributed by atoms with Gasteiger partial charge in [-0.25, -0.2) is 0 Å². The molecule has 9 nitrogen and oxygen atoms in total. The van der Waals surface area contributed by atoms with Crippen LogP contribution in [0, 0.1) is 11.3 Å². The Kier molecular flexibility index (Phi) is 6.48.